The van der Waals surface area contributed by atoms with Crippen molar-refractivity contribution in [2.75, 3.05) is 37.7 Å². The fourth-order valence-electron chi connectivity index (χ4n) is 4.19. The molecule has 158 valence electrons. The molecule has 0 unspecified atom stereocenters. The van der Waals surface area contributed by atoms with Gasteiger partial charge in [0.15, 0.2) is 0 Å². The number of aromatic nitrogens is 3. The van der Waals surface area contributed by atoms with Crippen LogP contribution in [-0.4, -0.2) is 52.2 Å². The third kappa shape index (κ3) is 3.75. The molecule has 0 spiro atoms. The van der Waals surface area contributed by atoms with Gasteiger partial charge in [0.25, 0.3) is 5.56 Å². The van der Waals surface area contributed by atoms with Crippen molar-refractivity contribution in [1.82, 2.24) is 19.4 Å². The lowest BCUT2D eigenvalue weighted by Gasteiger charge is -2.35. The molecule has 2 aliphatic rings. The summed E-state index contributed by atoms with van der Waals surface area (Å²) >= 11 is 1.80. The van der Waals surface area contributed by atoms with E-state index in [1.54, 1.807) is 22.2 Å². The van der Waals surface area contributed by atoms with Crippen molar-refractivity contribution >= 4 is 27.9 Å². The maximum Gasteiger partial charge on any atom is 0.261 e. The predicted octanol–water partition coefficient (Wildman–Crippen LogP) is 2.83. The molecule has 3 aromatic rings. The average molecular weight is 426 g/mol. The van der Waals surface area contributed by atoms with Gasteiger partial charge in [-0.05, 0) is 32.0 Å². The number of rotatable bonds is 4. The molecular formula is C22H27N5O2S. The second kappa shape index (κ2) is 8.09. The lowest BCUT2D eigenvalue weighted by Crippen LogP contribution is -2.46. The van der Waals surface area contributed by atoms with Gasteiger partial charge in [0, 0.05) is 44.3 Å². The summed E-state index contributed by atoms with van der Waals surface area (Å²) in [4.78, 5) is 28.2. The van der Waals surface area contributed by atoms with Crippen LogP contribution in [0.5, 0.6) is 0 Å². The highest BCUT2D eigenvalue weighted by molar-refractivity contribution is 7.11. The minimum Gasteiger partial charge on any atom is -0.375 e. The Labute approximate surface area is 179 Å². The summed E-state index contributed by atoms with van der Waals surface area (Å²) in [6.07, 6.45) is 2.60. The number of fused-ring (bicyclic) bond motifs is 2. The van der Waals surface area contributed by atoms with E-state index in [1.807, 2.05) is 26.0 Å². The third-order valence-corrected chi connectivity index (χ3v) is 7.01. The van der Waals surface area contributed by atoms with Gasteiger partial charge in [-0.2, -0.15) is 0 Å². The molecule has 0 saturated carbocycles. The van der Waals surface area contributed by atoms with Crippen molar-refractivity contribution in [3.63, 3.8) is 0 Å². The normalized spacial score (nSPS) is 17.6. The van der Waals surface area contributed by atoms with E-state index in [0.717, 1.165) is 63.6 Å². The highest BCUT2D eigenvalue weighted by Crippen LogP contribution is 2.26. The number of anilines is 1. The maximum atomic E-state index is 12.6. The Morgan fingerprint density at radius 3 is 2.80 bits per heavy atom. The summed E-state index contributed by atoms with van der Waals surface area (Å²) in [5.74, 6) is 0. The number of thiazole rings is 1. The number of hydrogen-bond donors (Lipinski definition) is 0. The molecule has 7 nitrogen and oxygen atoms in total. The Bertz CT molecular complexity index is 1090. The number of nitrogens with zero attached hydrogens (tertiary/aromatic N) is 5. The zero-order valence-electron chi connectivity index (χ0n) is 17.5. The first-order valence-corrected chi connectivity index (χ1v) is 11.4. The summed E-state index contributed by atoms with van der Waals surface area (Å²) in [5, 5.41) is 1.89. The van der Waals surface area contributed by atoms with Gasteiger partial charge < -0.3 is 9.64 Å². The number of benzene rings is 1. The van der Waals surface area contributed by atoms with Crippen LogP contribution in [0.4, 0.5) is 5.69 Å². The van der Waals surface area contributed by atoms with Crippen molar-refractivity contribution in [1.29, 1.82) is 0 Å². The Hall–Kier alpha value is -2.29. The van der Waals surface area contributed by atoms with Gasteiger partial charge in [-0.1, -0.05) is 0 Å². The first kappa shape index (κ1) is 19.7. The SMILES string of the molecule is CC(C)n1cnc2cc(N3CCN(Cc4nc5c(s4)COCC5)CC3)ccc2c1=O. The zero-order valence-corrected chi connectivity index (χ0v) is 18.3. The van der Waals surface area contributed by atoms with Crippen molar-refractivity contribution in [2.24, 2.45) is 0 Å². The van der Waals surface area contributed by atoms with Gasteiger partial charge in [0.05, 0.1) is 47.6 Å². The molecule has 5 rings (SSSR count). The Kier molecular flexibility index (Phi) is 5.30. The highest BCUT2D eigenvalue weighted by Gasteiger charge is 2.21. The Morgan fingerprint density at radius 1 is 1.20 bits per heavy atom. The summed E-state index contributed by atoms with van der Waals surface area (Å²) in [6.45, 7) is 10.3. The highest BCUT2D eigenvalue weighted by atomic mass is 32.1. The monoisotopic (exact) mass is 425 g/mol. The fraction of sp³-hybridized carbons (Fsp3) is 0.500. The van der Waals surface area contributed by atoms with Gasteiger partial charge in [0.1, 0.15) is 5.01 Å². The van der Waals surface area contributed by atoms with Crippen LogP contribution >= 0.6 is 11.3 Å². The van der Waals surface area contributed by atoms with Crippen LogP contribution in [0.3, 0.4) is 0 Å². The molecule has 0 radical (unpaired) electrons. The van der Waals surface area contributed by atoms with E-state index >= 15 is 0 Å². The van der Waals surface area contributed by atoms with E-state index in [9.17, 15) is 4.79 Å². The molecule has 1 fully saturated rings. The smallest absolute Gasteiger partial charge is 0.261 e. The quantitative estimate of drug-likeness (QED) is 0.641. The molecule has 0 atom stereocenters. The summed E-state index contributed by atoms with van der Waals surface area (Å²) < 4.78 is 7.23. The van der Waals surface area contributed by atoms with Gasteiger partial charge >= 0.3 is 0 Å². The van der Waals surface area contributed by atoms with E-state index in [2.05, 4.69) is 20.9 Å². The van der Waals surface area contributed by atoms with E-state index in [0.29, 0.717) is 5.39 Å². The predicted molar refractivity (Wildman–Crippen MR) is 119 cm³/mol. The van der Waals surface area contributed by atoms with Crippen LogP contribution in [0.25, 0.3) is 10.9 Å². The average Bonchev–Trinajstić information content (AvgIpc) is 3.16. The summed E-state index contributed by atoms with van der Waals surface area (Å²) in [5.41, 5.74) is 3.17. The van der Waals surface area contributed by atoms with Crippen molar-refractivity contribution in [2.45, 2.75) is 39.5 Å². The largest absolute Gasteiger partial charge is 0.375 e. The number of piperazine rings is 1. The van der Waals surface area contributed by atoms with Crippen molar-refractivity contribution in [3.8, 4) is 0 Å². The summed E-state index contributed by atoms with van der Waals surface area (Å²) in [7, 11) is 0. The van der Waals surface area contributed by atoms with Crippen molar-refractivity contribution in [3.05, 3.63) is 50.5 Å². The topological polar surface area (TPSA) is 63.5 Å². The van der Waals surface area contributed by atoms with E-state index in [4.69, 9.17) is 9.72 Å². The lowest BCUT2D eigenvalue weighted by atomic mass is 10.2. The van der Waals surface area contributed by atoms with Crippen LogP contribution < -0.4 is 10.5 Å². The first-order valence-electron chi connectivity index (χ1n) is 10.6. The van der Waals surface area contributed by atoms with Crippen LogP contribution in [0.15, 0.2) is 29.3 Å². The molecule has 8 heteroatoms. The lowest BCUT2D eigenvalue weighted by molar-refractivity contribution is 0.112. The minimum atomic E-state index is 0.0305. The van der Waals surface area contributed by atoms with Crippen LogP contribution in [-0.2, 0) is 24.3 Å². The third-order valence-electron chi connectivity index (χ3n) is 5.96. The second-order valence-corrected chi connectivity index (χ2v) is 9.46. The van der Waals surface area contributed by atoms with Gasteiger partial charge in [0.2, 0.25) is 0 Å². The molecule has 0 bridgehead atoms. The van der Waals surface area contributed by atoms with Gasteiger partial charge in [-0.25, -0.2) is 9.97 Å². The van der Waals surface area contributed by atoms with Crippen LogP contribution in [0, 0.1) is 0 Å². The molecule has 4 heterocycles. The molecule has 1 aromatic carbocycles. The molecule has 2 aromatic heterocycles. The maximum absolute atomic E-state index is 12.6. The second-order valence-electron chi connectivity index (χ2n) is 8.30. The van der Waals surface area contributed by atoms with Crippen LogP contribution in [0.2, 0.25) is 0 Å². The van der Waals surface area contributed by atoms with E-state index in [1.165, 1.54) is 15.6 Å². The van der Waals surface area contributed by atoms with Crippen LogP contribution in [0.1, 0.15) is 35.5 Å². The number of ether oxygens (including phenoxy) is 1. The number of hydrogen-bond acceptors (Lipinski definition) is 7. The van der Waals surface area contributed by atoms with E-state index < -0.39 is 0 Å². The Balaban J connectivity index is 1.26. The summed E-state index contributed by atoms with van der Waals surface area (Å²) in [6, 6.07) is 6.14. The zero-order chi connectivity index (χ0) is 20.7. The standard InChI is InChI=1S/C22H27N5O2S/c1-15(2)27-14-23-19-11-16(3-4-17(19)22(27)28)26-8-6-25(7-9-26)12-21-24-18-5-10-29-13-20(18)30-21/h3-4,11,14-15H,5-10,12-13H2,1-2H3. The van der Waals surface area contributed by atoms with Crippen molar-refractivity contribution < 1.29 is 4.74 Å². The molecule has 0 N–H and O–H groups in total. The van der Waals surface area contributed by atoms with Gasteiger partial charge in [-0.15, -0.1) is 11.3 Å². The minimum absolute atomic E-state index is 0.0305. The Morgan fingerprint density at radius 2 is 2.03 bits per heavy atom. The molecule has 2 aliphatic heterocycles. The molecular weight excluding hydrogens is 398 g/mol. The molecule has 0 amide bonds. The van der Waals surface area contributed by atoms with Gasteiger partial charge in [-0.3, -0.25) is 14.3 Å². The fourth-order valence-corrected chi connectivity index (χ4v) is 5.29. The first-order chi connectivity index (χ1) is 14.6. The molecule has 1 saturated heterocycles. The molecule has 0 aliphatic carbocycles. The van der Waals surface area contributed by atoms with E-state index in [-0.39, 0.29) is 11.6 Å². The molecule has 30 heavy (non-hydrogen) atoms.